The number of carbonyl (C=O) groups excluding carboxylic acids is 9. The fourth-order valence-corrected chi connectivity index (χ4v) is 3.17. The van der Waals surface area contributed by atoms with Gasteiger partial charge in [0, 0.05) is 19.3 Å². The topological polar surface area (TPSA) is 325 Å². The van der Waals surface area contributed by atoms with Crippen LogP contribution in [0.1, 0.15) is 60.8 Å². The van der Waals surface area contributed by atoms with E-state index < -0.39 is 110 Å². The molecule has 57 heavy (non-hydrogen) atoms. The quantitative estimate of drug-likeness (QED) is 0.0565. The van der Waals surface area contributed by atoms with E-state index in [1.165, 1.54) is 20.8 Å². The minimum atomic E-state index is -1.49. The predicted octanol–water partition coefficient (Wildman–Crippen LogP) is -0.448. The molecule has 0 aliphatic rings. The highest BCUT2D eigenvalue weighted by Gasteiger charge is 2.25. The van der Waals surface area contributed by atoms with Crippen molar-refractivity contribution in [2.24, 2.45) is 0 Å². The highest BCUT2D eigenvalue weighted by molar-refractivity contribution is 5.82. The van der Waals surface area contributed by atoms with Crippen LogP contribution in [0.2, 0.25) is 0 Å². The fourth-order valence-electron chi connectivity index (χ4n) is 3.17. The van der Waals surface area contributed by atoms with Crippen LogP contribution in [-0.4, -0.2) is 165 Å². The number of esters is 6. The number of aliphatic hydroxyl groups is 3. The number of aliphatic hydroxyl groups excluding tert-OH is 3. The molecule has 24 heteroatoms. The lowest BCUT2D eigenvalue weighted by Crippen LogP contribution is -2.32. The summed E-state index contributed by atoms with van der Waals surface area (Å²) < 4.78 is 58.0. The highest BCUT2D eigenvalue weighted by Crippen LogP contribution is 2.05. The largest absolute Gasteiger partial charge is 0.508 e. The summed E-state index contributed by atoms with van der Waals surface area (Å²) in [6.45, 7) is 3.84. The zero-order valence-electron chi connectivity index (χ0n) is 32.2. The van der Waals surface area contributed by atoms with Crippen molar-refractivity contribution in [1.82, 2.24) is 0 Å². The molecule has 0 radical (unpaired) electrons. The number of hydrogen-bond donors (Lipinski definition) is 3. The van der Waals surface area contributed by atoms with Gasteiger partial charge in [0.1, 0.15) is 31.5 Å². The number of ether oxygens (including phenoxy) is 12. The minimum absolute atomic E-state index is 0.0188. The third kappa shape index (κ3) is 25.3. The molecule has 0 aromatic rings. The second-order valence-corrected chi connectivity index (χ2v) is 11.5. The molecule has 7 atom stereocenters. The molecule has 326 valence electrons. The summed E-state index contributed by atoms with van der Waals surface area (Å²) in [5.41, 5.74) is 0. The Morgan fingerprint density at radius 2 is 0.614 bits per heavy atom. The Kier molecular flexibility index (Phi) is 26.1. The molecule has 0 spiro atoms. The van der Waals surface area contributed by atoms with Gasteiger partial charge in [-0.25, -0.2) is 43.2 Å². The maximum absolute atomic E-state index is 12.3. The van der Waals surface area contributed by atoms with Crippen LogP contribution in [0.5, 0.6) is 0 Å². The van der Waals surface area contributed by atoms with Crippen molar-refractivity contribution in [3.63, 3.8) is 0 Å². The van der Waals surface area contributed by atoms with E-state index in [4.69, 9.17) is 58.0 Å². The standard InChI is InChI=1S/C33H50O24/c1-18(34)25(37)54-21(4)28(40)46-10-7-13-49-31(43)52-16-24(57-33(45)51-15-9-12-48-30(42)23(6)56-27(39)20(3)36)17-53-32(44)50-14-8-11-47-29(41)22(5)55-26(38)19(2)35/h18-24,34-36H,7-17H2,1-6H3/t18-,19+,20-,21-,22+,23-,24?/m1/s1. The number of carbonyl (C=O) groups is 9. The Morgan fingerprint density at radius 1 is 0.351 bits per heavy atom. The molecule has 0 saturated heterocycles. The fraction of sp³-hybridized carbons (Fsp3) is 0.727. The van der Waals surface area contributed by atoms with E-state index in [0.29, 0.717) is 0 Å². The van der Waals surface area contributed by atoms with E-state index in [1.54, 1.807) is 0 Å². The molecule has 0 aliphatic carbocycles. The zero-order chi connectivity index (χ0) is 43.5. The molecule has 0 aromatic carbocycles. The van der Waals surface area contributed by atoms with Crippen molar-refractivity contribution >= 4 is 54.3 Å². The Bertz CT molecular complexity index is 1240. The molecule has 24 nitrogen and oxygen atoms in total. The van der Waals surface area contributed by atoms with Gasteiger partial charge < -0.3 is 72.2 Å². The summed E-state index contributed by atoms with van der Waals surface area (Å²) >= 11 is 0. The number of rotatable bonds is 26. The van der Waals surface area contributed by atoms with Gasteiger partial charge in [-0.2, -0.15) is 0 Å². The molecule has 3 N–H and O–H groups in total. The first-order chi connectivity index (χ1) is 26.7. The molecule has 0 bridgehead atoms. The normalized spacial score (nSPS) is 14.3. The van der Waals surface area contributed by atoms with E-state index in [2.05, 4.69) is 14.2 Å². The van der Waals surface area contributed by atoms with Crippen molar-refractivity contribution in [2.45, 2.75) is 104 Å². The lowest BCUT2D eigenvalue weighted by Gasteiger charge is -2.18. The van der Waals surface area contributed by atoms with Gasteiger partial charge in [0.25, 0.3) is 0 Å². The van der Waals surface area contributed by atoms with E-state index in [1.807, 2.05) is 0 Å². The van der Waals surface area contributed by atoms with Crippen LogP contribution in [0.15, 0.2) is 0 Å². The maximum Gasteiger partial charge on any atom is 0.508 e. The van der Waals surface area contributed by atoms with Crippen LogP contribution in [0.25, 0.3) is 0 Å². The van der Waals surface area contributed by atoms with Gasteiger partial charge in [0.05, 0.1) is 39.6 Å². The minimum Gasteiger partial charge on any atom is -0.463 e. The molecule has 0 saturated carbocycles. The average Bonchev–Trinajstić information content (AvgIpc) is 3.14. The second kappa shape index (κ2) is 28.9. The summed E-state index contributed by atoms with van der Waals surface area (Å²) in [7, 11) is 0. The predicted molar refractivity (Wildman–Crippen MR) is 179 cm³/mol. The van der Waals surface area contributed by atoms with E-state index in [9.17, 15) is 43.2 Å². The van der Waals surface area contributed by atoms with E-state index in [-0.39, 0.29) is 58.9 Å². The Hall–Kier alpha value is -5.49. The summed E-state index contributed by atoms with van der Waals surface area (Å²) in [5.74, 6) is -5.87. The van der Waals surface area contributed by atoms with E-state index in [0.717, 1.165) is 20.8 Å². The maximum atomic E-state index is 12.3. The molecular formula is C33H50O24. The van der Waals surface area contributed by atoms with Gasteiger partial charge >= 0.3 is 54.3 Å². The van der Waals surface area contributed by atoms with Crippen molar-refractivity contribution in [1.29, 1.82) is 0 Å². The van der Waals surface area contributed by atoms with Crippen molar-refractivity contribution < 1.29 is 115 Å². The molecule has 0 amide bonds. The lowest BCUT2D eigenvalue weighted by atomic mass is 10.4. The zero-order valence-corrected chi connectivity index (χ0v) is 32.2. The molecule has 0 fully saturated rings. The molecule has 0 aliphatic heterocycles. The van der Waals surface area contributed by atoms with Crippen molar-refractivity contribution in [2.75, 3.05) is 52.9 Å². The Balaban J connectivity index is 4.87. The smallest absolute Gasteiger partial charge is 0.463 e. The molecule has 1 unspecified atom stereocenters. The molecule has 0 rings (SSSR count). The van der Waals surface area contributed by atoms with Crippen LogP contribution in [-0.2, 0) is 85.6 Å². The van der Waals surface area contributed by atoms with Gasteiger partial charge in [-0.3, -0.25) is 0 Å². The summed E-state index contributed by atoms with van der Waals surface area (Å²) in [6, 6.07) is 0. The van der Waals surface area contributed by atoms with Crippen LogP contribution in [0.4, 0.5) is 14.4 Å². The van der Waals surface area contributed by atoms with E-state index >= 15 is 0 Å². The Labute approximate surface area is 326 Å². The summed E-state index contributed by atoms with van der Waals surface area (Å²) in [6.07, 6.45) is -13.7. The second-order valence-electron chi connectivity index (χ2n) is 11.5. The lowest BCUT2D eigenvalue weighted by molar-refractivity contribution is -0.171. The van der Waals surface area contributed by atoms with Crippen molar-refractivity contribution in [3.05, 3.63) is 0 Å². The monoisotopic (exact) mass is 830 g/mol. The first-order valence-corrected chi connectivity index (χ1v) is 17.3. The van der Waals surface area contributed by atoms with Crippen LogP contribution >= 0.6 is 0 Å². The van der Waals surface area contributed by atoms with Gasteiger partial charge in [0.15, 0.2) is 24.4 Å². The van der Waals surface area contributed by atoms with Crippen molar-refractivity contribution in [3.8, 4) is 0 Å². The van der Waals surface area contributed by atoms with Crippen LogP contribution < -0.4 is 0 Å². The molecule has 0 aromatic heterocycles. The third-order valence-corrected chi connectivity index (χ3v) is 6.19. The molecule has 0 heterocycles. The Morgan fingerprint density at radius 3 is 0.895 bits per heavy atom. The first-order valence-electron chi connectivity index (χ1n) is 17.3. The van der Waals surface area contributed by atoms with Gasteiger partial charge in [-0.1, -0.05) is 0 Å². The third-order valence-electron chi connectivity index (χ3n) is 6.19. The molecular weight excluding hydrogens is 780 g/mol. The summed E-state index contributed by atoms with van der Waals surface area (Å²) in [4.78, 5) is 106. The first kappa shape index (κ1) is 51.5. The average molecular weight is 831 g/mol. The highest BCUT2D eigenvalue weighted by atomic mass is 16.8. The SMILES string of the molecule is C[C@H](O)C(=O)O[C@@H](C)C(=O)OCCCOC(=O)OCC(COC(=O)OCCCOC(=O)[C@@H](C)OC(=O)[C@@H](C)O)OC(=O)OCCCOC(=O)[C@@H](C)OC(=O)[C@@H](C)O. The van der Waals surface area contributed by atoms with Gasteiger partial charge in [0.2, 0.25) is 0 Å². The van der Waals surface area contributed by atoms with Gasteiger partial charge in [-0.15, -0.1) is 0 Å². The van der Waals surface area contributed by atoms with Gasteiger partial charge in [-0.05, 0) is 41.5 Å². The van der Waals surface area contributed by atoms with Crippen LogP contribution in [0.3, 0.4) is 0 Å². The number of hydrogen-bond acceptors (Lipinski definition) is 24. The summed E-state index contributed by atoms with van der Waals surface area (Å²) in [5, 5.41) is 27.4. The van der Waals surface area contributed by atoms with Crippen LogP contribution in [0, 0.1) is 0 Å².